The van der Waals surface area contributed by atoms with Gasteiger partial charge in [-0.15, -0.1) is 0 Å². The first-order chi connectivity index (χ1) is 8.44. The van der Waals surface area contributed by atoms with Crippen molar-refractivity contribution >= 4 is 11.6 Å². The van der Waals surface area contributed by atoms with E-state index < -0.39 is 0 Å². The Hall–Kier alpha value is -1.56. The first kappa shape index (κ1) is 12.9. The molecule has 6 heteroatoms. The van der Waals surface area contributed by atoms with Crippen LogP contribution in [0, 0.1) is 0 Å². The Kier molecular flexibility index (Phi) is 3.30. The van der Waals surface area contributed by atoms with Crippen molar-refractivity contribution in [3.8, 4) is 0 Å². The fourth-order valence-electron chi connectivity index (χ4n) is 2.16. The summed E-state index contributed by atoms with van der Waals surface area (Å²) in [7, 11) is 0. The zero-order chi connectivity index (χ0) is 13.3. The zero-order valence-corrected chi connectivity index (χ0v) is 11.1. The zero-order valence-electron chi connectivity index (χ0n) is 11.1. The first-order valence-electron chi connectivity index (χ1n) is 6.20. The molecule has 1 aliphatic rings. The van der Waals surface area contributed by atoms with Crippen molar-refractivity contribution < 1.29 is 9.53 Å². The number of anilines is 1. The van der Waals surface area contributed by atoms with Crippen LogP contribution in [0.15, 0.2) is 0 Å². The maximum absolute atomic E-state index is 12.3. The summed E-state index contributed by atoms with van der Waals surface area (Å²) in [5.41, 5.74) is 7.20. The van der Waals surface area contributed by atoms with Gasteiger partial charge in [0.15, 0.2) is 5.69 Å². The fourth-order valence-corrected chi connectivity index (χ4v) is 2.16. The number of aromatic amines is 1. The molecule has 1 saturated heterocycles. The summed E-state index contributed by atoms with van der Waals surface area (Å²) >= 11 is 0. The Bertz CT molecular complexity index is 453. The van der Waals surface area contributed by atoms with E-state index in [1.54, 1.807) is 4.90 Å². The standard InChI is InChI=1S/C12H20N4O2/c1-4-8-9(13)10(15-14-8)11(17)16-5-6-18-12(2,3)7-16/h4-7,13H2,1-3H3,(H,14,15). The van der Waals surface area contributed by atoms with Crippen LogP contribution in [0.1, 0.15) is 37.0 Å². The van der Waals surface area contributed by atoms with Gasteiger partial charge in [-0.3, -0.25) is 9.89 Å². The van der Waals surface area contributed by atoms with Gasteiger partial charge in [0.2, 0.25) is 0 Å². The lowest BCUT2D eigenvalue weighted by atomic mass is 10.1. The third-order valence-electron chi connectivity index (χ3n) is 3.15. The lowest BCUT2D eigenvalue weighted by Crippen LogP contribution is -2.50. The number of nitrogens with one attached hydrogen (secondary N) is 1. The average Bonchev–Trinajstić information content (AvgIpc) is 2.68. The van der Waals surface area contributed by atoms with Crippen molar-refractivity contribution in [2.45, 2.75) is 32.8 Å². The number of morpholine rings is 1. The highest BCUT2D eigenvalue weighted by Crippen LogP contribution is 2.21. The predicted octanol–water partition coefficient (Wildman–Crippen LogP) is 0.805. The summed E-state index contributed by atoms with van der Waals surface area (Å²) < 4.78 is 5.58. The van der Waals surface area contributed by atoms with Gasteiger partial charge in [-0.25, -0.2) is 0 Å². The number of hydrogen-bond acceptors (Lipinski definition) is 4. The third kappa shape index (κ3) is 2.33. The summed E-state index contributed by atoms with van der Waals surface area (Å²) in [6.07, 6.45) is 0.737. The van der Waals surface area contributed by atoms with E-state index in [-0.39, 0.29) is 11.5 Å². The summed E-state index contributed by atoms with van der Waals surface area (Å²) in [5, 5.41) is 6.84. The molecule has 0 atom stereocenters. The van der Waals surface area contributed by atoms with Crippen LogP contribution < -0.4 is 5.73 Å². The Labute approximate surface area is 106 Å². The number of H-pyrrole nitrogens is 1. The lowest BCUT2D eigenvalue weighted by Gasteiger charge is -2.37. The molecule has 0 bridgehead atoms. The highest BCUT2D eigenvalue weighted by Gasteiger charge is 2.32. The molecule has 0 unspecified atom stereocenters. The van der Waals surface area contributed by atoms with E-state index >= 15 is 0 Å². The smallest absolute Gasteiger partial charge is 0.276 e. The van der Waals surface area contributed by atoms with E-state index in [4.69, 9.17) is 10.5 Å². The molecule has 0 aromatic carbocycles. The fraction of sp³-hybridized carbons (Fsp3) is 0.667. The van der Waals surface area contributed by atoms with Crippen molar-refractivity contribution in [1.29, 1.82) is 0 Å². The number of nitrogens with two attached hydrogens (primary N) is 1. The van der Waals surface area contributed by atoms with E-state index in [9.17, 15) is 4.79 Å². The monoisotopic (exact) mass is 252 g/mol. The van der Waals surface area contributed by atoms with Crippen LogP contribution in [0.2, 0.25) is 0 Å². The van der Waals surface area contributed by atoms with Crippen molar-refractivity contribution in [2.24, 2.45) is 0 Å². The van der Waals surface area contributed by atoms with E-state index in [1.165, 1.54) is 0 Å². The minimum absolute atomic E-state index is 0.125. The van der Waals surface area contributed by atoms with Crippen LogP contribution in [0.3, 0.4) is 0 Å². The van der Waals surface area contributed by atoms with Gasteiger partial charge in [0.1, 0.15) is 0 Å². The van der Waals surface area contributed by atoms with Gasteiger partial charge in [-0.2, -0.15) is 5.10 Å². The van der Waals surface area contributed by atoms with Gasteiger partial charge in [-0.05, 0) is 20.3 Å². The normalized spacial score (nSPS) is 18.9. The molecule has 0 saturated carbocycles. The lowest BCUT2D eigenvalue weighted by molar-refractivity contribution is -0.0764. The molecule has 1 aromatic heterocycles. The number of hydrogen-bond donors (Lipinski definition) is 2. The molecule has 1 aromatic rings. The van der Waals surface area contributed by atoms with Crippen LogP contribution in [0.4, 0.5) is 5.69 Å². The van der Waals surface area contributed by atoms with E-state index in [0.29, 0.717) is 31.1 Å². The molecule has 2 rings (SSSR count). The molecule has 3 N–H and O–H groups in total. The topological polar surface area (TPSA) is 84.2 Å². The van der Waals surface area contributed by atoms with Crippen molar-refractivity contribution in [3.63, 3.8) is 0 Å². The Morgan fingerprint density at radius 3 is 2.89 bits per heavy atom. The van der Waals surface area contributed by atoms with Crippen LogP contribution in [0.25, 0.3) is 0 Å². The number of carbonyl (C=O) groups excluding carboxylic acids is 1. The van der Waals surface area contributed by atoms with E-state index in [2.05, 4.69) is 10.2 Å². The largest absolute Gasteiger partial charge is 0.395 e. The van der Waals surface area contributed by atoms with Crippen LogP contribution in [0.5, 0.6) is 0 Å². The summed E-state index contributed by atoms with van der Waals surface area (Å²) in [4.78, 5) is 14.1. The number of nitrogens with zero attached hydrogens (tertiary/aromatic N) is 2. The molecule has 1 fully saturated rings. The molecule has 1 aliphatic heterocycles. The maximum Gasteiger partial charge on any atom is 0.276 e. The van der Waals surface area contributed by atoms with Gasteiger partial charge in [0.25, 0.3) is 5.91 Å². The Balaban J connectivity index is 2.18. The maximum atomic E-state index is 12.3. The minimum Gasteiger partial charge on any atom is -0.395 e. The molecule has 1 amide bonds. The van der Waals surface area contributed by atoms with Crippen molar-refractivity contribution in [3.05, 3.63) is 11.4 Å². The molecule has 100 valence electrons. The molecular formula is C12H20N4O2. The van der Waals surface area contributed by atoms with Gasteiger partial charge in [0, 0.05) is 13.1 Å². The molecule has 18 heavy (non-hydrogen) atoms. The van der Waals surface area contributed by atoms with Crippen LogP contribution in [-0.2, 0) is 11.2 Å². The molecular weight excluding hydrogens is 232 g/mol. The van der Waals surface area contributed by atoms with Crippen molar-refractivity contribution in [2.75, 3.05) is 25.4 Å². The first-order valence-corrected chi connectivity index (χ1v) is 6.20. The van der Waals surface area contributed by atoms with Crippen molar-refractivity contribution in [1.82, 2.24) is 15.1 Å². The van der Waals surface area contributed by atoms with Gasteiger partial charge in [-0.1, -0.05) is 6.92 Å². The number of amides is 1. The summed E-state index contributed by atoms with van der Waals surface area (Å²) in [6.45, 7) is 7.59. The highest BCUT2D eigenvalue weighted by atomic mass is 16.5. The summed E-state index contributed by atoms with van der Waals surface area (Å²) in [5.74, 6) is -0.125. The molecule has 0 radical (unpaired) electrons. The van der Waals surface area contributed by atoms with Gasteiger partial charge >= 0.3 is 0 Å². The van der Waals surface area contributed by atoms with Gasteiger partial charge in [0.05, 0.1) is 23.6 Å². The Morgan fingerprint density at radius 2 is 2.33 bits per heavy atom. The van der Waals surface area contributed by atoms with E-state index in [0.717, 1.165) is 12.1 Å². The molecule has 2 heterocycles. The second-order valence-corrected chi connectivity index (χ2v) is 5.15. The number of aryl methyl sites for hydroxylation is 1. The number of rotatable bonds is 2. The number of aromatic nitrogens is 2. The SMILES string of the molecule is CCc1[nH]nc(C(=O)N2CCOC(C)(C)C2)c1N. The van der Waals surface area contributed by atoms with E-state index in [1.807, 2.05) is 20.8 Å². The molecule has 6 nitrogen and oxygen atoms in total. The van der Waals surface area contributed by atoms with Crippen LogP contribution in [-0.4, -0.2) is 46.3 Å². The number of carbonyl (C=O) groups is 1. The molecule has 0 spiro atoms. The second-order valence-electron chi connectivity index (χ2n) is 5.15. The quantitative estimate of drug-likeness (QED) is 0.815. The third-order valence-corrected chi connectivity index (χ3v) is 3.15. The predicted molar refractivity (Wildman–Crippen MR) is 68.3 cm³/mol. The number of nitrogen functional groups attached to an aromatic ring is 1. The summed E-state index contributed by atoms with van der Waals surface area (Å²) in [6, 6.07) is 0. The molecule has 0 aliphatic carbocycles. The van der Waals surface area contributed by atoms with Crippen LogP contribution >= 0.6 is 0 Å². The number of ether oxygens (including phenoxy) is 1. The minimum atomic E-state index is -0.313. The second kappa shape index (κ2) is 4.61. The van der Waals surface area contributed by atoms with Gasteiger partial charge < -0.3 is 15.4 Å². The average molecular weight is 252 g/mol. The highest BCUT2D eigenvalue weighted by molar-refractivity contribution is 5.97. The Morgan fingerprint density at radius 1 is 1.61 bits per heavy atom.